The second kappa shape index (κ2) is 6.95. The molecule has 4 nitrogen and oxygen atoms in total. The summed E-state index contributed by atoms with van der Waals surface area (Å²) in [7, 11) is 0. The molecule has 3 rings (SSSR count). The van der Waals surface area contributed by atoms with E-state index in [-0.39, 0.29) is 0 Å². The molecule has 2 unspecified atom stereocenters. The summed E-state index contributed by atoms with van der Waals surface area (Å²) in [6.45, 7) is 7.36. The van der Waals surface area contributed by atoms with Crippen molar-refractivity contribution in [1.29, 1.82) is 0 Å². The Hall–Kier alpha value is -0.160. The van der Waals surface area contributed by atoms with E-state index < -0.39 is 0 Å². The summed E-state index contributed by atoms with van der Waals surface area (Å²) in [5, 5.41) is 7.37. The van der Waals surface area contributed by atoms with Crippen molar-refractivity contribution in [3.05, 3.63) is 0 Å². The van der Waals surface area contributed by atoms with E-state index in [9.17, 15) is 0 Å². The third kappa shape index (κ3) is 3.79. The van der Waals surface area contributed by atoms with Crippen LogP contribution in [-0.2, 0) is 0 Å². The molecule has 4 N–H and O–H groups in total. The normalized spacial score (nSPS) is 35.7. The van der Waals surface area contributed by atoms with Crippen LogP contribution in [0.5, 0.6) is 0 Å². The molecule has 0 amide bonds. The van der Waals surface area contributed by atoms with Gasteiger partial charge < -0.3 is 16.4 Å². The van der Waals surface area contributed by atoms with Gasteiger partial charge in [0.1, 0.15) is 0 Å². The van der Waals surface area contributed by atoms with Gasteiger partial charge in [0.25, 0.3) is 0 Å². The zero-order valence-corrected chi connectivity index (χ0v) is 13.7. The Balaban J connectivity index is 1.46. The van der Waals surface area contributed by atoms with E-state index >= 15 is 0 Å². The largest absolute Gasteiger partial charge is 0.326 e. The molecule has 4 heteroatoms. The lowest BCUT2D eigenvalue weighted by molar-refractivity contribution is 0.0427. The van der Waals surface area contributed by atoms with Crippen LogP contribution in [0.2, 0.25) is 0 Å². The Morgan fingerprint density at radius 2 is 1.71 bits per heavy atom. The Bertz CT molecular complexity index is 319. The van der Waals surface area contributed by atoms with Gasteiger partial charge in [0, 0.05) is 36.8 Å². The van der Waals surface area contributed by atoms with Gasteiger partial charge in [0.05, 0.1) is 0 Å². The highest BCUT2D eigenvalue weighted by molar-refractivity contribution is 4.95. The van der Waals surface area contributed by atoms with E-state index in [1.807, 2.05) is 0 Å². The third-order valence-corrected chi connectivity index (χ3v) is 6.21. The summed E-state index contributed by atoms with van der Waals surface area (Å²) in [6.07, 6.45) is 10.4. The summed E-state index contributed by atoms with van der Waals surface area (Å²) >= 11 is 0. The molecule has 1 saturated carbocycles. The number of hydrogen-bond acceptors (Lipinski definition) is 4. The van der Waals surface area contributed by atoms with Crippen molar-refractivity contribution in [3.8, 4) is 0 Å². The highest BCUT2D eigenvalue weighted by Crippen LogP contribution is 2.29. The fourth-order valence-corrected chi connectivity index (χ4v) is 4.54. The topological polar surface area (TPSA) is 53.3 Å². The maximum absolute atomic E-state index is 6.28. The highest BCUT2D eigenvalue weighted by atomic mass is 15.2. The summed E-state index contributed by atoms with van der Waals surface area (Å²) in [4.78, 5) is 2.76. The van der Waals surface area contributed by atoms with Crippen LogP contribution in [0.25, 0.3) is 0 Å². The van der Waals surface area contributed by atoms with E-state index in [1.165, 1.54) is 77.5 Å². The van der Waals surface area contributed by atoms with Gasteiger partial charge in [-0.3, -0.25) is 4.90 Å². The molecule has 2 atom stereocenters. The number of nitrogens with two attached hydrogens (primary N) is 1. The predicted molar refractivity (Wildman–Crippen MR) is 88.5 cm³/mol. The van der Waals surface area contributed by atoms with Gasteiger partial charge in [-0.25, -0.2) is 0 Å². The minimum atomic E-state index is 0.388. The van der Waals surface area contributed by atoms with Crippen LogP contribution in [0, 0.1) is 0 Å². The highest BCUT2D eigenvalue weighted by Gasteiger charge is 2.36. The lowest BCUT2D eigenvalue weighted by Crippen LogP contribution is -2.58. The van der Waals surface area contributed by atoms with Crippen molar-refractivity contribution in [2.45, 2.75) is 82.0 Å². The van der Waals surface area contributed by atoms with E-state index in [0.29, 0.717) is 23.7 Å². The Morgan fingerprint density at radius 1 is 1.05 bits per heavy atom. The van der Waals surface area contributed by atoms with Crippen molar-refractivity contribution >= 4 is 0 Å². The van der Waals surface area contributed by atoms with Crippen molar-refractivity contribution in [1.82, 2.24) is 15.5 Å². The molecule has 21 heavy (non-hydrogen) atoms. The predicted octanol–water partition coefficient (Wildman–Crippen LogP) is 1.45. The zero-order valence-electron chi connectivity index (χ0n) is 13.7. The van der Waals surface area contributed by atoms with E-state index in [2.05, 4.69) is 22.5 Å². The van der Waals surface area contributed by atoms with E-state index in [1.54, 1.807) is 0 Å². The molecule has 0 spiro atoms. The average Bonchev–Trinajstić information content (AvgIpc) is 2.51. The number of hydrogen-bond donors (Lipinski definition) is 3. The van der Waals surface area contributed by atoms with Crippen molar-refractivity contribution in [3.63, 3.8) is 0 Å². The van der Waals surface area contributed by atoms with Crippen molar-refractivity contribution in [2.24, 2.45) is 5.73 Å². The van der Waals surface area contributed by atoms with Crippen molar-refractivity contribution < 1.29 is 0 Å². The summed E-state index contributed by atoms with van der Waals surface area (Å²) in [5.41, 5.74) is 6.72. The van der Waals surface area contributed by atoms with Crippen molar-refractivity contribution in [2.75, 3.05) is 26.2 Å². The van der Waals surface area contributed by atoms with Gasteiger partial charge >= 0.3 is 0 Å². The summed E-state index contributed by atoms with van der Waals surface area (Å²) < 4.78 is 0. The molecule has 122 valence electrons. The van der Waals surface area contributed by atoms with Crippen LogP contribution in [0.3, 0.4) is 0 Å². The number of piperidine rings is 2. The van der Waals surface area contributed by atoms with Gasteiger partial charge in [-0.2, -0.15) is 0 Å². The molecule has 2 heterocycles. The fraction of sp³-hybridized carbons (Fsp3) is 1.00. The maximum atomic E-state index is 6.28. The smallest absolute Gasteiger partial charge is 0.0221 e. The van der Waals surface area contributed by atoms with Gasteiger partial charge in [-0.05, 0) is 58.5 Å². The van der Waals surface area contributed by atoms with Crippen LogP contribution < -0.4 is 16.4 Å². The van der Waals surface area contributed by atoms with Gasteiger partial charge in [-0.15, -0.1) is 0 Å². The molecule has 0 bridgehead atoms. The standard InChI is InChI=1S/C17H34N4/c1-17(8-10-19-11-9-17)21-12-6-14(7-13-21)20-16-5-3-2-4-15(16)18/h14-16,19-20H,2-13,18H2,1H3. The minimum Gasteiger partial charge on any atom is -0.326 e. The maximum Gasteiger partial charge on any atom is 0.0221 e. The molecule has 2 aliphatic heterocycles. The van der Waals surface area contributed by atoms with Crippen LogP contribution in [0.1, 0.15) is 58.3 Å². The van der Waals surface area contributed by atoms with Gasteiger partial charge in [0.2, 0.25) is 0 Å². The monoisotopic (exact) mass is 294 g/mol. The molecule has 2 saturated heterocycles. The first-order valence-corrected chi connectivity index (χ1v) is 9.15. The second-order valence-electron chi connectivity index (χ2n) is 7.73. The van der Waals surface area contributed by atoms with Gasteiger partial charge in [-0.1, -0.05) is 12.8 Å². The number of nitrogens with zero attached hydrogens (tertiary/aromatic N) is 1. The average molecular weight is 294 g/mol. The summed E-state index contributed by atoms with van der Waals surface area (Å²) in [5.74, 6) is 0. The summed E-state index contributed by atoms with van der Waals surface area (Å²) in [6, 6.07) is 1.66. The third-order valence-electron chi connectivity index (χ3n) is 6.21. The molecule has 0 radical (unpaired) electrons. The Kier molecular flexibility index (Phi) is 5.20. The molecular formula is C17H34N4. The van der Waals surface area contributed by atoms with E-state index in [4.69, 9.17) is 5.73 Å². The SMILES string of the molecule is CC1(N2CCC(NC3CCCCC3N)CC2)CCNCC1. The fourth-order valence-electron chi connectivity index (χ4n) is 4.54. The minimum absolute atomic E-state index is 0.388. The molecule has 3 aliphatic rings. The first-order valence-electron chi connectivity index (χ1n) is 9.15. The van der Waals surface area contributed by atoms with Gasteiger partial charge in [0.15, 0.2) is 0 Å². The second-order valence-corrected chi connectivity index (χ2v) is 7.73. The molecule has 0 aromatic rings. The lowest BCUT2D eigenvalue weighted by atomic mass is 9.85. The number of rotatable bonds is 3. The molecule has 3 fully saturated rings. The van der Waals surface area contributed by atoms with Crippen LogP contribution >= 0.6 is 0 Å². The first-order chi connectivity index (χ1) is 10.2. The molecular weight excluding hydrogens is 260 g/mol. The van der Waals surface area contributed by atoms with Crippen LogP contribution in [-0.4, -0.2) is 54.7 Å². The Morgan fingerprint density at radius 3 is 2.38 bits per heavy atom. The number of likely N-dealkylation sites (tertiary alicyclic amines) is 1. The molecule has 0 aromatic heterocycles. The van der Waals surface area contributed by atoms with Crippen LogP contribution in [0.4, 0.5) is 0 Å². The Labute approximate surface area is 130 Å². The zero-order chi connectivity index (χ0) is 14.7. The molecule has 1 aliphatic carbocycles. The number of nitrogens with one attached hydrogen (secondary N) is 2. The first kappa shape index (κ1) is 15.7. The quantitative estimate of drug-likeness (QED) is 0.737. The van der Waals surface area contributed by atoms with Crippen LogP contribution in [0.15, 0.2) is 0 Å². The lowest BCUT2D eigenvalue weighted by Gasteiger charge is -2.48. The van der Waals surface area contributed by atoms with E-state index in [0.717, 1.165) is 0 Å². The molecule has 0 aromatic carbocycles.